The molecule has 0 unspecified atom stereocenters. The number of ether oxygens (including phenoxy) is 1. The van der Waals surface area contributed by atoms with Gasteiger partial charge in [0.25, 0.3) is 0 Å². The lowest BCUT2D eigenvalue weighted by Crippen LogP contribution is -2.31. The topological polar surface area (TPSA) is 49.8 Å². The Morgan fingerprint density at radius 2 is 2.05 bits per heavy atom. The van der Waals surface area contributed by atoms with Gasteiger partial charge < -0.3 is 14.7 Å². The first-order valence-electron chi connectivity index (χ1n) is 7.71. The van der Waals surface area contributed by atoms with Gasteiger partial charge in [0.05, 0.1) is 0 Å². The van der Waals surface area contributed by atoms with Crippen molar-refractivity contribution < 1.29 is 14.6 Å². The van der Waals surface area contributed by atoms with Crippen LogP contribution < -0.4 is 4.90 Å². The first-order valence-corrected chi connectivity index (χ1v) is 9.11. The van der Waals surface area contributed by atoms with Gasteiger partial charge in [-0.05, 0) is 30.7 Å². The second-order valence-electron chi connectivity index (χ2n) is 4.54. The molecule has 0 atom stereocenters. The van der Waals surface area contributed by atoms with Gasteiger partial charge in [0, 0.05) is 31.6 Å². The van der Waals surface area contributed by atoms with E-state index in [1.165, 1.54) is 50.0 Å². The summed E-state index contributed by atoms with van der Waals surface area (Å²) < 4.78 is 4.20. The number of hydrogen-bond acceptors (Lipinski definition) is 4. The molecule has 22 heavy (non-hydrogen) atoms. The van der Waals surface area contributed by atoms with Gasteiger partial charge in [0.2, 0.25) is 0 Å². The van der Waals surface area contributed by atoms with Crippen LogP contribution in [0, 0.1) is 0 Å². The van der Waals surface area contributed by atoms with Gasteiger partial charge in [-0.25, -0.2) is 4.79 Å². The molecule has 0 amide bonds. The summed E-state index contributed by atoms with van der Waals surface area (Å²) >= 11 is 1.93. The fraction of sp³-hybridized carbons (Fsp3) is 0.588. The van der Waals surface area contributed by atoms with Gasteiger partial charge >= 0.3 is 5.97 Å². The minimum absolute atomic E-state index is 0.208. The number of benzene rings is 1. The molecule has 0 fully saturated rings. The Hall–Kier alpha value is -1.20. The number of hydrogen-bond donors (Lipinski definition) is 1. The van der Waals surface area contributed by atoms with Crippen LogP contribution in [0.4, 0.5) is 5.69 Å². The molecule has 0 radical (unpaired) electrons. The Kier molecular flexibility index (Phi) is 12.7. The smallest absolute Gasteiger partial charge is 0.329 e. The summed E-state index contributed by atoms with van der Waals surface area (Å²) in [7, 11) is 1.34. The quantitative estimate of drug-likeness (QED) is 0.896. The average Bonchev–Trinajstić information content (AvgIpc) is 2.55. The van der Waals surface area contributed by atoms with Crippen LogP contribution >= 0.6 is 11.8 Å². The molecule has 0 saturated heterocycles. The maximum atomic E-state index is 9.47. The highest BCUT2D eigenvalue weighted by Crippen LogP contribution is 2.26. The minimum Gasteiger partial charge on any atom is -0.480 e. The standard InChI is InChI=1S/C12H17NS.C3H6O3.C2H6/c1-14-10-9-13-8-4-6-11-5-2-3-7-12(11)13;1-6-2-3(4)5;1-2/h2-3,5,7H,4,6,8-10H2,1H3;2H2,1H3,(H,4,5);1-2H3. The monoisotopic (exact) mass is 327 g/mol. The molecule has 1 aromatic rings. The van der Waals surface area contributed by atoms with Crippen LogP contribution in [0.1, 0.15) is 25.8 Å². The Morgan fingerprint density at radius 1 is 1.36 bits per heavy atom. The van der Waals surface area contributed by atoms with Crippen LogP contribution in [-0.2, 0) is 16.0 Å². The van der Waals surface area contributed by atoms with Crippen molar-refractivity contribution in [1.29, 1.82) is 0 Å². The average molecular weight is 327 g/mol. The zero-order valence-electron chi connectivity index (χ0n) is 14.2. The predicted molar refractivity (Wildman–Crippen MR) is 96.2 cm³/mol. The normalized spacial score (nSPS) is 12.3. The lowest BCUT2D eigenvalue weighted by molar-refractivity contribution is -0.141. The number of fused-ring (bicyclic) bond motifs is 1. The second kappa shape index (κ2) is 13.5. The Bertz CT molecular complexity index is 413. The summed E-state index contributed by atoms with van der Waals surface area (Å²) in [5, 5.41) is 7.79. The molecular formula is C17H29NO3S. The Labute approximate surface area is 138 Å². The lowest BCUT2D eigenvalue weighted by atomic mass is 10.0. The van der Waals surface area contributed by atoms with E-state index in [0.29, 0.717) is 0 Å². The maximum absolute atomic E-state index is 9.47. The fourth-order valence-electron chi connectivity index (χ4n) is 2.17. The number of carboxylic acids is 1. The predicted octanol–water partition coefficient (Wildman–Crippen LogP) is 3.55. The number of carbonyl (C=O) groups is 1. The van der Waals surface area contributed by atoms with Crippen molar-refractivity contribution in [3.05, 3.63) is 29.8 Å². The van der Waals surface area contributed by atoms with Crippen molar-refractivity contribution in [1.82, 2.24) is 0 Å². The van der Waals surface area contributed by atoms with E-state index >= 15 is 0 Å². The van der Waals surface area contributed by atoms with Crippen molar-refractivity contribution in [3.63, 3.8) is 0 Å². The summed E-state index contributed by atoms with van der Waals surface area (Å²) in [6, 6.07) is 8.82. The number of anilines is 1. The van der Waals surface area contributed by atoms with Crippen molar-refractivity contribution in [2.24, 2.45) is 0 Å². The van der Waals surface area contributed by atoms with Crippen LogP contribution in [0.15, 0.2) is 24.3 Å². The van der Waals surface area contributed by atoms with Crippen molar-refractivity contribution in [2.45, 2.75) is 26.7 Å². The number of carboxylic acid groups (broad SMARTS) is 1. The maximum Gasteiger partial charge on any atom is 0.329 e. The molecule has 1 heterocycles. The van der Waals surface area contributed by atoms with E-state index in [2.05, 4.69) is 40.2 Å². The fourth-order valence-corrected chi connectivity index (χ4v) is 2.57. The largest absolute Gasteiger partial charge is 0.480 e. The number of thioether (sulfide) groups is 1. The van der Waals surface area contributed by atoms with Gasteiger partial charge in [0.1, 0.15) is 6.61 Å². The molecule has 0 spiro atoms. The SMILES string of the molecule is CC.COCC(=O)O.CSCCN1CCCc2ccccc21. The molecule has 0 aromatic heterocycles. The molecule has 1 aliphatic rings. The third kappa shape index (κ3) is 8.29. The number of methoxy groups -OCH3 is 1. The number of aryl methyl sites for hydroxylation is 1. The lowest BCUT2D eigenvalue weighted by Gasteiger charge is -2.31. The van der Waals surface area contributed by atoms with E-state index in [4.69, 9.17) is 5.11 Å². The molecule has 2 rings (SSSR count). The van der Waals surface area contributed by atoms with Gasteiger partial charge in [-0.3, -0.25) is 0 Å². The van der Waals surface area contributed by atoms with E-state index in [0.717, 1.165) is 0 Å². The highest BCUT2D eigenvalue weighted by atomic mass is 32.2. The molecule has 1 aliphatic heterocycles. The van der Waals surface area contributed by atoms with Crippen molar-refractivity contribution in [3.8, 4) is 0 Å². The highest BCUT2D eigenvalue weighted by Gasteiger charge is 2.14. The van der Waals surface area contributed by atoms with Crippen LogP contribution in [0.5, 0.6) is 0 Å². The number of aliphatic carboxylic acids is 1. The molecule has 126 valence electrons. The van der Waals surface area contributed by atoms with Crippen LogP contribution in [0.2, 0.25) is 0 Å². The molecule has 4 nitrogen and oxygen atoms in total. The molecule has 1 N–H and O–H groups in total. The molecule has 0 bridgehead atoms. The van der Waals surface area contributed by atoms with Crippen LogP contribution in [-0.4, -0.2) is 49.9 Å². The summed E-state index contributed by atoms with van der Waals surface area (Å²) in [5.74, 6) is 0.298. The van der Waals surface area contributed by atoms with Crippen LogP contribution in [0.3, 0.4) is 0 Å². The highest BCUT2D eigenvalue weighted by molar-refractivity contribution is 7.98. The van der Waals surface area contributed by atoms with E-state index in [9.17, 15) is 4.79 Å². The number of rotatable bonds is 5. The summed E-state index contributed by atoms with van der Waals surface area (Å²) in [4.78, 5) is 12.0. The Morgan fingerprint density at radius 3 is 2.59 bits per heavy atom. The Balaban J connectivity index is 0.000000470. The van der Waals surface area contributed by atoms with Gasteiger partial charge in [-0.1, -0.05) is 32.0 Å². The van der Waals surface area contributed by atoms with Crippen LogP contribution in [0.25, 0.3) is 0 Å². The third-order valence-electron chi connectivity index (χ3n) is 3.04. The number of para-hydroxylation sites is 1. The number of nitrogens with zero attached hydrogens (tertiary/aromatic N) is 1. The van der Waals surface area contributed by atoms with E-state index in [-0.39, 0.29) is 6.61 Å². The van der Waals surface area contributed by atoms with Gasteiger partial charge in [0.15, 0.2) is 0 Å². The van der Waals surface area contributed by atoms with E-state index in [1.807, 2.05) is 25.6 Å². The third-order valence-corrected chi connectivity index (χ3v) is 3.63. The summed E-state index contributed by atoms with van der Waals surface area (Å²) in [6.07, 6.45) is 4.74. The molecule has 0 saturated carbocycles. The molecule has 1 aromatic carbocycles. The first kappa shape index (κ1) is 20.8. The first-order chi connectivity index (χ1) is 10.7. The summed E-state index contributed by atoms with van der Waals surface area (Å²) in [5.41, 5.74) is 2.99. The van der Waals surface area contributed by atoms with Gasteiger partial charge in [-0.15, -0.1) is 0 Å². The minimum atomic E-state index is -0.933. The molecule has 0 aliphatic carbocycles. The summed E-state index contributed by atoms with van der Waals surface area (Å²) in [6.45, 7) is 6.22. The van der Waals surface area contributed by atoms with Gasteiger partial charge in [-0.2, -0.15) is 11.8 Å². The van der Waals surface area contributed by atoms with Crippen molar-refractivity contribution in [2.75, 3.05) is 43.7 Å². The molecular weight excluding hydrogens is 298 g/mol. The zero-order valence-corrected chi connectivity index (χ0v) is 15.0. The van der Waals surface area contributed by atoms with E-state index in [1.54, 1.807) is 0 Å². The second-order valence-corrected chi connectivity index (χ2v) is 5.52. The van der Waals surface area contributed by atoms with E-state index < -0.39 is 5.97 Å². The molecule has 5 heteroatoms. The van der Waals surface area contributed by atoms with Crippen molar-refractivity contribution >= 4 is 23.4 Å². The zero-order chi connectivity index (χ0) is 16.8.